The van der Waals surface area contributed by atoms with Gasteiger partial charge in [0.1, 0.15) is 0 Å². The molecule has 74 valence electrons. The van der Waals surface area contributed by atoms with E-state index >= 15 is 0 Å². The van der Waals surface area contributed by atoms with Crippen molar-refractivity contribution in [3.63, 3.8) is 0 Å². The molecule has 1 aromatic rings. The van der Waals surface area contributed by atoms with E-state index in [9.17, 15) is 0 Å². The Morgan fingerprint density at radius 3 is 3.00 bits per heavy atom. The summed E-state index contributed by atoms with van der Waals surface area (Å²) in [5, 5.41) is 0. The Kier molecular flexibility index (Phi) is 2.73. The van der Waals surface area contributed by atoms with Gasteiger partial charge in [-0.05, 0) is 37.5 Å². The van der Waals surface area contributed by atoms with Crippen molar-refractivity contribution in [2.75, 3.05) is 6.79 Å². The second-order valence-corrected chi connectivity index (χ2v) is 3.30. The Labute approximate surface area is 84.2 Å². The van der Waals surface area contributed by atoms with Gasteiger partial charge in [0.05, 0.1) is 0 Å². The first-order chi connectivity index (χ1) is 6.90. The number of fused-ring (bicyclic) bond motifs is 1. The standard InChI is InChI=1S/C12H14O2/c1-2-3-4-5-10-6-7-11-12(8-10)14-9-13-11/h2-3,6-8H,4-5,9H2,1H3. The minimum absolute atomic E-state index is 0.355. The molecule has 0 radical (unpaired) electrons. The maximum atomic E-state index is 5.31. The molecule has 0 saturated heterocycles. The SMILES string of the molecule is CC=CCCc1ccc2c(c1)OCO2. The number of aryl methyl sites for hydroxylation is 1. The summed E-state index contributed by atoms with van der Waals surface area (Å²) in [6.45, 7) is 2.40. The van der Waals surface area contributed by atoms with Crippen LogP contribution in [0.3, 0.4) is 0 Å². The number of hydrogen-bond acceptors (Lipinski definition) is 2. The van der Waals surface area contributed by atoms with E-state index in [4.69, 9.17) is 9.47 Å². The Balaban J connectivity index is 2.05. The minimum Gasteiger partial charge on any atom is -0.454 e. The second kappa shape index (κ2) is 4.18. The van der Waals surface area contributed by atoms with Crippen molar-refractivity contribution in [2.45, 2.75) is 19.8 Å². The lowest BCUT2D eigenvalue weighted by Crippen LogP contribution is -1.92. The number of benzene rings is 1. The molecule has 0 N–H and O–H groups in total. The van der Waals surface area contributed by atoms with Crippen LogP contribution in [0.4, 0.5) is 0 Å². The van der Waals surface area contributed by atoms with Gasteiger partial charge in [-0.1, -0.05) is 18.2 Å². The molecule has 0 atom stereocenters. The zero-order chi connectivity index (χ0) is 9.80. The summed E-state index contributed by atoms with van der Waals surface area (Å²) in [6.07, 6.45) is 6.38. The molecule has 0 amide bonds. The number of hydrogen-bond donors (Lipinski definition) is 0. The van der Waals surface area contributed by atoms with Crippen molar-refractivity contribution < 1.29 is 9.47 Å². The summed E-state index contributed by atoms with van der Waals surface area (Å²) in [6, 6.07) is 6.14. The molecule has 2 rings (SSSR count). The Hall–Kier alpha value is -1.44. The van der Waals surface area contributed by atoms with Gasteiger partial charge in [0, 0.05) is 0 Å². The predicted octanol–water partition coefficient (Wildman–Crippen LogP) is 2.92. The summed E-state index contributed by atoms with van der Waals surface area (Å²) in [5.41, 5.74) is 1.30. The highest BCUT2D eigenvalue weighted by Gasteiger charge is 2.12. The third kappa shape index (κ3) is 1.90. The number of ether oxygens (including phenoxy) is 2. The lowest BCUT2D eigenvalue weighted by atomic mass is 10.1. The summed E-state index contributed by atoms with van der Waals surface area (Å²) in [4.78, 5) is 0. The van der Waals surface area contributed by atoms with Crippen LogP contribution in [0.15, 0.2) is 30.4 Å². The van der Waals surface area contributed by atoms with E-state index in [1.807, 2.05) is 13.0 Å². The molecule has 0 spiro atoms. The van der Waals surface area contributed by atoms with Crippen LogP contribution in [-0.4, -0.2) is 6.79 Å². The maximum absolute atomic E-state index is 5.31. The molecule has 0 bridgehead atoms. The first-order valence-corrected chi connectivity index (χ1v) is 4.90. The molecule has 0 aromatic heterocycles. The molecule has 1 aromatic carbocycles. The third-order valence-electron chi connectivity index (χ3n) is 2.27. The van der Waals surface area contributed by atoms with Crippen LogP contribution in [0.5, 0.6) is 11.5 Å². The van der Waals surface area contributed by atoms with E-state index in [2.05, 4.69) is 24.3 Å². The molecule has 0 aliphatic carbocycles. The van der Waals surface area contributed by atoms with Crippen molar-refractivity contribution in [3.8, 4) is 11.5 Å². The van der Waals surface area contributed by atoms with Gasteiger partial charge in [-0.25, -0.2) is 0 Å². The monoisotopic (exact) mass is 190 g/mol. The average Bonchev–Trinajstić information content (AvgIpc) is 2.65. The van der Waals surface area contributed by atoms with Crippen LogP contribution in [-0.2, 0) is 6.42 Å². The van der Waals surface area contributed by atoms with E-state index in [0.29, 0.717) is 6.79 Å². The minimum atomic E-state index is 0.355. The maximum Gasteiger partial charge on any atom is 0.231 e. The van der Waals surface area contributed by atoms with E-state index in [0.717, 1.165) is 24.3 Å². The van der Waals surface area contributed by atoms with Crippen molar-refractivity contribution in [3.05, 3.63) is 35.9 Å². The molecular weight excluding hydrogens is 176 g/mol. The second-order valence-electron chi connectivity index (χ2n) is 3.30. The van der Waals surface area contributed by atoms with Crippen molar-refractivity contribution in [1.29, 1.82) is 0 Å². The smallest absolute Gasteiger partial charge is 0.231 e. The summed E-state index contributed by atoms with van der Waals surface area (Å²) >= 11 is 0. The Morgan fingerprint density at radius 2 is 2.14 bits per heavy atom. The zero-order valence-corrected chi connectivity index (χ0v) is 8.32. The van der Waals surface area contributed by atoms with Gasteiger partial charge < -0.3 is 9.47 Å². The molecule has 1 aliphatic heterocycles. The third-order valence-corrected chi connectivity index (χ3v) is 2.27. The van der Waals surface area contributed by atoms with Gasteiger partial charge in [0.15, 0.2) is 11.5 Å². The molecule has 0 saturated carbocycles. The van der Waals surface area contributed by atoms with Gasteiger partial charge in [-0.3, -0.25) is 0 Å². The van der Waals surface area contributed by atoms with Gasteiger partial charge in [-0.2, -0.15) is 0 Å². The van der Waals surface area contributed by atoms with Gasteiger partial charge in [-0.15, -0.1) is 0 Å². The Morgan fingerprint density at radius 1 is 1.29 bits per heavy atom. The fraction of sp³-hybridized carbons (Fsp3) is 0.333. The van der Waals surface area contributed by atoms with E-state index < -0.39 is 0 Å². The van der Waals surface area contributed by atoms with Crippen molar-refractivity contribution in [1.82, 2.24) is 0 Å². The first-order valence-electron chi connectivity index (χ1n) is 4.90. The van der Waals surface area contributed by atoms with Crippen molar-refractivity contribution in [2.24, 2.45) is 0 Å². The van der Waals surface area contributed by atoms with E-state index in [-0.39, 0.29) is 0 Å². The topological polar surface area (TPSA) is 18.5 Å². The molecule has 14 heavy (non-hydrogen) atoms. The predicted molar refractivity (Wildman–Crippen MR) is 55.7 cm³/mol. The lowest BCUT2D eigenvalue weighted by molar-refractivity contribution is 0.174. The molecular formula is C12H14O2. The molecule has 2 nitrogen and oxygen atoms in total. The van der Waals surface area contributed by atoms with Crippen LogP contribution in [0.25, 0.3) is 0 Å². The van der Waals surface area contributed by atoms with Gasteiger partial charge in [0.25, 0.3) is 0 Å². The molecule has 2 heteroatoms. The molecule has 1 heterocycles. The van der Waals surface area contributed by atoms with Crippen LogP contribution >= 0.6 is 0 Å². The normalized spacial score (nSPS) is 13.8. The van der Waals surface area contributed by atoms with Crippen LogP contribution in [0, 0.1) is 0 Å². The molecule has 1 aliphatic rings. The number of allylic oxidation sites excluding steroid dienone is 2. The highest BCUT2D eigenvalue weighted by Crippen LogP contribution is 2.32. The largest absolute Gasteiger partial charge is 0.454 e. The summed E-state index contributed by atoms with van der Waals surface area (Å²) in [7, 11) is 0. The highest BCUT2D eigenvalue weighted by atomic mass is 16.7. The highest BCUT2D eigenvalue weighted by molar-refractivity contribution is 5.44. The zero-order valence-electron chi connectivity index (χ0n) is 8.32. The summed E-state index contributed by atoms with van der Waals surface area (Å²) in [5.74, 6) is 1.74. The first kappa shape index (κ1) is 9.13. The van der Waals surface area contributed by atoms with Crippen LogP contribution < -0.4 is 9.47 Å². The average molecular weight is 190 g/mol. The lowest BCUT2D eigenvalue weighted by Gasteiger charge is -2.00. The van der Waals surface area contributed by atoms with Gasteiger partial charge >= 0.3 is 0 Å². The fourth-order valence-electron chi connectivity index (χ4n) is 1.51. The van der Waals surface area contributed by atoms with Gasteiger partial charge in [0.2, 0.25) is 6.79 Å². The van der Waals surface area contributed by atoms with Crippen LogP contribution in [0.1, 0.15) is 18.9 Å². The summed E-state index contributed by atoms with van der Waals surface area (Å²) < 4.78 is 10.5. The number of rotatable bonds is 3. The quantitative estimate of drug-likeness (QED) is 0.682. The van der Waals surface area contributed by atoms with E-state index in [1.54, 1.807) is 0 Å². The van der Waals surface area contributed by atoms with Crippen molar-refractivity contribution >= 4 is 0 Å². The molecule has 0 unspecified atom stereocenters. The molecule has 0 fully saturated rings. The fourth-order valence-corrected chi connectivity index (χ4v) is 1.51. The van der Waals surface area contributed by atoms with E-state index in [1.165, 1.54) is 5.56 Å². The Bertz CT molecular complexity index is 342. The van der Waals surface area contributed by atoms with Crippen LogP contribution in [0.2, 0.25) is 0 Å².